The Bertz CT molecular complexity index is 427. The molecule has 0 aromatic heterocycles. The third-order valence-electron chi connectivity index (χ3n) is 3.07. The second-order valence-electron chi connectivity index (χ2n) is 4.47. The zero-order valence-electron chi connectivity index (χ0n) is 10.1. The van der Waals surface area contributed by atoms with Gasteiger partial charge in [0.15, 0.2) is 11.5 Å². The van der Waals surface area contributed by atoms with Gasteiger partial charge in [-0.2, -0.15) is 0 Å². The fraction of sp³-hybridized carbons (Fsp3) is 0.462. The lowest BCUT2D eigenvalue weighted by molar-refractivity contribution is 0.0536. The zero-order valence-corrected chi connectivity index (χ0v) is 10.1. The Kier molecular flexibility index (Phi) is 4.04. The highest BCUT2D eigenvalue weighted by molar-refractivity contribution is 5.97. The van der Waals surface area contributed by atoms with Crippen molar-refractivity contribution in [2.75, 3.05) is 19.8 Å². The maximum atomic E-state index is 11.8. The molecule has 0 bridgehead atoms. The number of rotatable bonds is 3. The maximum absolute atomic E-state index is 11.8. The number of hydrogen-bond donors (Lipinski definition) is 3. The number of phenolic OH excluding ortho intramolecular Hbond substituents is 2. The number of benzene rings is 1. The molecule has 2 rings (SSSR count). The lowest BCUT2D eigenvalue weighted by Crippen LogP contribution is -2.33. The Morgan fingerprint density at radius 3 is 3.00 bits per heavy atom. The van der Waals surface area contributed by atoms with Gasteiger partial charge in [-0.05, 0) is 30.9 Å². The number of nitrogens with one attached hydrogen (secondary N) is 1. The summed E-state index contributed by atoms with van der Waals surface area (Å²) in [6, 6.07) is 4.33. The van der Waals surface area contributed by atoms with Crippen molar-refractivity contribution in [3.05, 3.63) is 23.8 Å². The Balaban J connectivity index is 1.93. The largest absolute Gasteiger partial charge is 0.504 e. The molecule has 1 amide bonds. The molecule has 5 nitrogen and oxygen atoms in total. The van der Waals surface area contributed by atoms with E-state index in [0.29, 0.717) is 19.1 Å². The Hall–Kier alpha value is -1.75. The summed E-state index contributed by atoms with van der Waals surface area (Å²) in [6.07, 6.45) is 2.05. The third kappa shape index (κ3) is 2.92. The van der Waals surface area contributed by atoms with E-state index in [-0.39, 0.29) is 23.0 Å². The van der Waals surface area contributed by atoms with E-state index in [9.17, 15) is 15.0 Å². The van der Waals surface area contributed by atoms with Crippen LogP contribution in [0.5, 0.6) is 11.5 Å². The van der Waals surface area contributed by atoms with Crippen molar-refractivity contribution < 1.29 is 19.7 Å². The molecule has 98 valence electrons. The van der Waals surface area contributed by atoms with Gasteiger partial charge in [-0.1, -0.05) is 6.07 Å². The summed E-state index contributed by atoms with van der Waals surface area (Å²) in [7, 11) is 0. The predicted octanol–water partition coefficient (Wildman–Crippen LogP) is 1.25. The van der Waals surface area contributed by atoms with Crippen molar-refractivity contribution in [2.45, 2.75) is 12.8 Å². The second kappa shape index (κ2) is 5.73. The van der Waals surface area contributed by atoms with Crippen molar-refractivity contribution >= 4 is 5.91 Å². The second-order valence-corrected chi connectivity index (χ2v) is 4.47. The van der Waals surface area contributed by atoms with Crippen LogP contribution in [0.2, 0.25) is 0 Å². The smallest absolute Gasteiger partial charge is 0.255 e. The van der Waals surface area contributed by atoms with E-state index in [4.69, 9.17) is 4.74 Å². The molecular weight excluding hydrogens is 234 g/mol. The minimum Gasteiger partial charge on any atom is -0.504 e. The summed E-state index contributed by atoms with van der Waals surface area (Å²) in [5.41, 5.74) is 0.0896. The van der Waals surface area contributed by atoms with Crippen LogP contribution in [-0.2, 0) is 4.74 Å². The number of phenols is 2. The van der Waals surface area contributed by atoms with E-state index in [0.717, 1.165) is 19.4 Å². The van der Waals surface area contributed by atoms with Crippen LogP contribution in [0.3, 0.4) is 0 Å². The summed E-state index contributed by atoms with van der Waals surface area (Å²) in [5, 5.41) is 21.6. The van der Waals surface area contributed by atoms with Gasteiger partial charge in [-0.25, -0.2) is 0 Å². The molecule has 5 heteroatoms. The molecule has 1 aromatic rings. The lowest BCUT2D eigenvalue weighted by atomic mass is 10.0. The first-order valence-electron chi connectivity index (χ1n) is 6.05. The van der Waals surface area contributed by atoms with Gasteiger partial charge < -0.3 is 20.3 Å². The first-order chi connectivity index (χ1) is 8.68. The molecule has 1 aromatic carbocycles. The lowest BCUT2D eigenvalue weighted by Gasteiger charge is -2.22. The molecule has 0 radical (unpaired) electrons. The summed E-state index contributed by atoms with van der Waals surface area (Å²) >= 11 is 0. The molecule has 1 unspecified atom stereocenters. The number of carbonyl (C=O) groups excluding carboxylic acids is 1. The summed E-state index contributed by atoms with van der Waals surface area (Å²) in [4.78, 5) is 11.8. The van der Waals surface area contributed by atoms with Gasteiger partial charge in [0.25, 0.3) is 5.91 Å². The number of aromatic hydroxyl groups is 2. The van der Waals surface area contributed by atoms with E-state index in [1.54, 1.807) is 0 Å². The van der Waals surface area contributed by atoms with Crippen molar-refractivity contribution in [1.82, 2.24) is 5.32 Å². The van der Waals surface area contributed by atoms with E-state index in [1.807, 2.05) is 0 Å². The molecule has 1 aliphatic heterocycles. The van der Waals surface area contributed by atoms with E-state index in [2.05, 4.69) is 5.32 Å². The number of hydrogen-bond acceptors (Lipinski definition) is 4. The van der Waals surface area contributed by atoms with Crippen LogP contribution in [0.15, 0.2) is 18.2 Å². The fourth-order valence-electron chi connectivity index (χ4n) is 2.02. The molecule has 1 atom stereocenters. The van der Waals surface area contributed by atoms with Crippen molar-refractivity contribution in [3.63, 3.8) is 0 Å². The van der Waals surface area contributed by atoms with E-state index in [1.165, 1.54) is 18.2 Å². The van der Waals surface area contributed by atoms with Gasteiger partial charge in [0.05, 0.1) is 12.2 Å². The van der Waals surface area contributed by atoms with E-state index < -0.39 is 0 Å². The molecular formula is C13H17NO4. The number of carbonyl (C=O) groups is 1. The maximum Gasteiger partial charge on any atom is 0.255 e. The monoisotopic (exact) mass is 251 g/mol. The van der Waals surface area contributed by atoms with Crippen LogP contribution < -0.4 is 5.32 Å². The first-order valence-corrected chi connectivity index (χ1v) is 6.05. The van der Waals surface area contributed by atoms with Gasteiger partial charge in [0.2, 0.25) is 0 Å². The number of amides is 1. The quantitative estimate of drug-likeness (QED) is 0.706. The van der Waals surface area contributed by atoms with Gasteiger partial charge >= 0.3 is 0 Å². The highest BCUT2D eigenvalue weighted by Gasteiger charge is 2.17. The molecule has 18 heavy (non-hydrogen) atoms. The Morgan fingerprint density at radius 1 is 1.44 bits per heavy atom. The highest BCUT2D eigenvalue weighted by Crippen LogP contribution is 2.28. The van der Waals surface area contributed by atoms with Crippen LogP contribution in [0.1, 0.15) is 23.2 Å². The molecule has 0 aliphatic carbocycles. The Labute approximate surface area is 105 Å². The van der Waals surface area contributed by atoms with Gasteiger partial charge in [0, 0.05) is 13.2 Å². The first kappa shape index (κ1) is 12.7. The SMILES string of the molecule is O=C(NCC1CCCOC1)c1cccc(O)c1O. The zero-order chi connectivity index (χ0) is 13.0. The third-order valence-corrected chi connectivity index (χ3v) is 3.07. The summed E-state index contributed by atoms with van der Waals surface area (Å²) < 4.78 is 5.32. The van der Waals surface area contributed by atoms with Crippen LogP contribution in [0.25, 0.3) is 0 Å². The standard InChI is InChI=1S/C13H17NO4/c15-11-5-1-4-10(12(11)16)13(17)14-7-9-3-2-6-18-8-9/h1,4-5,9,15-16H,2-3,6-8H2,(H,14,17). The normalized spacial score (nSPS) is 19.4. The molecule has 1 aliphatic rings. The van der Waals surface area contributed by atoms with Crippen molar-refractivity contribution in [3.8, 4) is 11.5 Å². The van der Waals surface area contributed by atoms with Crippen LogP contribution in [0.4, 0.5) is 0 Å². The molecule has 3 N–H and O–H groups in total. The number of ether oxygens (including phenoxy) is 1. The van der Waals surface area contributed by atoms with Gasteiger partial charge in [-0.3, -0.25) is 4.79 Å². The minimum absolute atomic E-state index is 0.0896. The van der Waals surface area contributed by atoms with Crippen LogP contribution >= 0.6 is 0 Å². The molecule has 1 fully saturated rings. The topological polar surface area (TPSA) is 78.8 Å². The molecule has 1 heterocycles. The summed E-state index contributed by atoms with van der Waals surface area (Å²) in [6.45, 7) is 1.97. The molecule has 0 spiro atoms. The van der Waals surface area contributed by atoms with Gasteiger partial charge in [-0.15, -0.1) is 0 Å². The Morgan fingerprint density at radius 2 is 2.28 bits per heavy atom. The molecule has 0 saturated carbocycles. The fourth-order valence-corrected chi connectivity index (χ4v) is 2.02. The van der Waals surface area contributed by atoms with Crippen molar-refractivity contribution in [1.29, 1.82) is 0 Å². The number of para-hydroxylation sites is 1. The minimum atomic E-state index is -0.381. The molecule has 1 saturated heterocycles. The summed E-state index contributed by atoms with van der Waals surface area (Å²) in [5.74, 6) is -0.727. The predicted molar refractivity (Wildman–Crippen MR) is 65.6 cm³/mol. The highest BCUT2D eigenvalue weighted by atomic mass is 16.5. The average molecular weight is 251 g/mol. The average Bonchev–Trinajstić information content (AvgIpc) is 2.40. The van der Waals surface area contributed by atoms with Crippen LogP contribution in [0, 0.1) is 5.92 Å². The van der Waals surface area contributed by atoms with Gasteiger partial charge in [0.1, 0.15) is 0 Å². The van der Waals surface area contributed by atoms with Crippen molar-refractivity contribution in [2.24, 2.45) is 5.92 Å². The van der Waals surface area contributed by atoms with E-state index >= 15 is 0 Å². The van der Waals surface area contributed by atoms with Crippen LogP contribution in [-0.4, -0.2) is 35.9 Å².